The molecule has 2 amide bonds. The molecular weight excluding hydrogens is 1360 g/mol. The Balaban J connectivity index is 0.000000235. The van der Waals surface area contributed by atoms with Crippen molar-refractivity contribution in [3.05, 3.63) is 143 Å². The first-order valence-corrected chi connectivity index (χ1v) is 33.7. The number of unbranched alkanes of at least 4 members (excludes halogenated alkanes) is 1. The number of esters is 3. The Labute approximate surface area is 605 Å². The highest BCUT2D eigenvalue weighted by molar-refractivity contribution is 6.61. The molecule has 3 aliphatic rings. The minimum Gasteiger partial charge on any atom is -0.493 e. The average Bonchev–Trinajstić information content (AvgIpc) is 1.74. The van der Waals surface area contributed by atoms with Crippen molar-refractivity contribution < 1.29 is 115 Å². The molecule has 3 aliphatic heterocycles. The van der Waals surface area contributed by atoms with E-state index in [0.717, 1.165) is 46.2 Å². The predicted molar refractivity (Wildman–Crippen MR) is 379 cm³/mol. The minimum atomic E-state index is -0.949. The number of nitrogens with zero attached hydrogens (tertiary/aromatic N) is 2. The molecule has 560 valence electrons. The number of likely N-dealkylation sites (N-methyl/N-ethyl adjacent to an activating group) is 2. The molecule has 0 unspecified atom stereocenters. The van der Waals surface area contributed by atoms with Crippen molar-refractivity contribution in [1.29, 1.82) is 0 Å². The number of aliphatic hydroxyl groups is 3. The number of amides is 2. The lowest BCUT2D eigenvalue weighted by Crippen LogP contribution is -2.32. The van der Waals surface area contributed by atoms with Gasteiger partial charge in [0.25, 0.3) is 0 Å². The van der Waals surface area contributed by atoms with E-state index in [1.807, 2.05) is 54.6 Å². The molecule has 27 heteroatoms. The van der Waals surface area contributed by atoms with Gasteiger partial charge in [0.2, 0.25) is 0 Å². The van der Waals surface area contributed by atoms with Crippen molar-refractivity contribution in [2.24, 2.45) is 35.5 Å². The van der Waals surface area contributed by atoms with Crippen LogP contribution in [0.2, 0.25) is 0 Å². The zero-order valence-electron chi connectivity index (χ0n) is 60.4. The molecule has 6 aromatic rings. The number of rotatable bonds is 30. The summed E-state index contributed by atoms with van der Waals surface area (Å²) in [5, 5.41) is 26.0. The largest absolute Gasteiger partial charge is 0.493 e. The van der Waals surface area contributed by atoms with E-state index in [4.69, 9.17) is 98.0 Å². The maximum absolute atomic E-state index is 12.5. The van der Waals surface area contributed by atoms with E-state index < -0.39 is 17.6 Å². The van der Waals surface area contributed by atoms with Crippen LogP contribution in [0.1, 0.15) is 53.1 Å². The highest BCUT2D eigenvalue weighted by atomic mass is 35.5. The minimum absolute atomic E-state index is 0.00114. The van der Waals surface area contributed by atoms with Gasteiger partial charge in [-0.15, -0.1) is 0 Å². The molecule has 103 heavy (non-hydrogen) atoms. The summed E-state index contributed by atoms with van der Waals surface area (Å²) in [6, 6.07) is 32.7. The predicted octanol–water partition coefficient (Wildman–Crippen LogP) is 10.2. The van der Waals surface area contributed by atoms with Gasteiger partial charge < -0.3 is 96.2 Å². The summed E-state index contributed by atoms with van der Waals surface area (Å²) in [4.78, 5) is 75.2. The number of aliphatic hydroxyl groups excluding tert-OH is 3. The molecule has 9 rings (SSSR count). The second kappa shape index (κ2) is 41.9. The van der Waals surface area contributed by atoms with E-state index in [9.17, 15) is 28.8 Å². The Hall–Kier alpha value is -9.89. The molecule has 26 nitrogen and oxygen atoms in total. The molecule has 0 spiro atoms. The molecule has 6 atom stereocenters. The first kappa shape index (κ1) is 82.1. The van der Waals surface area contributed by atoms with Gasteiger partial charge in [-0.25, -0.2) is 14.4 Å². The zero-order valence-corrected chi connectivity index (χ0v) is 61.1. The van der Waals surface area contributed by atoms with Gasteiger partial charge in [0.15, 0.2) is 69.0 Å². The maximum Gasteiger partial charge on any atom is 0.415 e. The standard InChI is InChI=1S/2C25H31NO8.C22H23ClO7.C4H10O/c2*1-26(9-10-27)25(29)34-21-8-6-17(14-23(21)32-4)12-19-18(15-33-24(19)28)11-16-5-7-20(30-2)22(13-16)31-3;1-26-17-6-4-13(10-19(17)27-2)8-15-12-29-21(24)16(15)9-14-5-7-18(30-22(23)25)20(11-14)28-3;1-2-3-4-5/h2*5-8,13-14,18-19,27H,9-12,15H2,1-4H3;4-7,10-11,15-16H,8-9,12H2,1-3H3;5H,2-4H2,1H3/t2*18-,19+;15-,16+;/m000./s1. The van der Waals surface area contributed by atoms with E-state index in [2.05, 4.69) is 6.92 Å². The van der Waals surface area contributed by atoms with Crippen molar-refractivity contribution in [3.8, 4) is 69.0 Å². The fourth-order valence-corrected chi connectivity index (χ4v) is 11.8. The highest BCUT2D eigenvalue weighted by Crippen LogP contribution is 2.40. The van der Waals surface area contributed by atoms with E-state index in [-0.39, 0.29) is 97.0 Å². The number of carbonyl (C=O) groups is 6. The number of carbonyl (C=O) groups excluding carboxylic acids is 6. The van der Waals surface area contributed by atoms with Crippen LogP contribution in [0.5, 0.6) is 69.0 Å². The third-order valence-corrected chi connectivity index (χ3v) is 17.5. The molecule has 0 aliphatic carbocycles. The first-order valence-electron chi connectivity index (χ1n) is 33.3. The second-order valence-corrected chi connectivity index (χ2v) is 24.5. The van der Waals surface area contributed by atoms with Crippen LogP contribution in [-0.4, -0.2) is 191 Å². The van der Waals surface area contributed by atoms with E-state index >= 15 is 0 Å². The zero-order chi connectivity index (χ0) is 75.1. The van der Waals surface area contributed by atoms with E-state index in [1.54, 1.807) is 97.3 Å². The third kappa shape index (κ3) is 23.8. The summed E-state index contributed by atoms with van der Waals surface area (Å²) in [5.74, 6) is 4.14. The lowest BCUT2D eigenvalue weighted by Gasteiger charge is -2.18. The normalized spacial score (nSPS) is 17.0. The molecule has 3 fully saturated rings. The number of cyclic esters (lactones) is 3. The topological polar surface area (TPSA) is 308 Å². The van der Waals surface area contributed by atoms with Crippen molar-refractivity contribution >= 4 is 47.1 Å². The summed E-state index contributed by atoms with van der Waals surface area (Å²) >= 11 is 5.28. The van der Waals surface area contributed by atoms with Gasteiger partial charge in [-0.1, -0.05) is 49.7 Å². The van der Waals surface area contributed by atoms with Gasteiger partial charge >= 0.3 is 35.5 Å². The van der Waals surface area contributed by atoms with Gasteiger partial charge in [-0.05, 0) is 151 Å². The number of benzene rings is 6. The van der Waals surface area contributed by atoms with Gasteiger partial charge in [0, 0.05) is 63.1 Å². The molecule has 0 aromatic heterocycles. The van der Waals surface area contributed by atoms with Crippen molar-refractivity contribution in [2.75, 3.05) is 131 Å². The fraction of sp³-hybridized carbons (Fsp3) is 0.447. The highest BCUT2D eigenvalue weighted by Gasteiger charge is 2.40. The van der Waals surface area contributed by atoms with Gasteiger partial charge in [0.1, 0.15) is 0 Å². The summed E-state index contributed by atoms with van der Waals surface area (Å²) in [6.07, 6.45) is 4.21. The van der Waals surface area contributed by atoms with Crippen LogP contribution in [0.4, 0.5) is 14.4 Å². The molecule has 3 heterocycles. The first-order chi connectivity index (χ1) is 49.6. The number of ether oxygens (including phenoxy) is 15. The van der Waals surface area contributed by atoms with Crippen molar-refractivity contribution in [2.45, 2.75) is 58.3 Å². The van der Waals surface area contributed by atoms with E-state index in [0.29, 0.717) is 117 Å². The summed E-state index contributed by atoms with van der Waals surface area (Å²) in [6.45, 7) is 3.44. The number of methoxy groups -OCH3 is 9. The lowest BCUT2D eigenvalue weighted by molar-refractivity contribution is -0.142. The molecule has 3 N–H and O–H groups in total. The maximum atomic E-state index is 12.5. The molecule has 0 saturated carbocycles. The average molecular weight is 1460 g/mol. The number of hydrogen-bond acceptors (Lipinski definition) is 24. The van der Waals surface area contributed by atoms with Crippen LogP contribution in [-0.2, 0) is 67.1 Å². The Bertz CT molecular complexity index is 3590. The monoisotopic (exact) mass is 1450 g/mol. The van der Waals surface area contributed by atoms with Crippen LogP contribution < -0.4 is 56.8 Å². The summed E-state index contributed by atoms with van der Waals surface area (Å²) < 4.78 is 79.9. The quantitative estimate of drug-likeness (QED) is 0.0214. The van der Waals surface area contributed by atoms with Crippen LogP contribution in [0.15, 0.2) is 109 Å². The Kier molecular flexibility index (Phi) is 33.4. The molecular formula is C76H95ClN2O24. The van der Waals surface area contributed by atoms with Crippen LogP contribution in [0, 0.1) is 35.5 Å². The smallest absolute Gasteiger partial charge is 0.415 e. The number of hydrogen-bond donors (Lipinski definition) is 3. The molecule has 6 aromatic carbocycles. The molecule has 0 bridgehead atoms. The summed E-state index contributed by atoms with van der Waals surface area (Å²) in [7, 11) is 17.0. The van der Waals surface area contributed by atoms with Gasteiger partial charge in [0.05, 0.1) is 115 Å². The Morgan fingerprint density at radius 1 is 0.379 bits per heavy atom. The van der Waals surface area contributed by atoms with E-state index in [1.165, 1.54) is 45.2 Å². The SMILES string of the molecule is CCCCO.COc1ccc(C[C@H]2COC(=O)[C@@H]2Cc2ccc(OC(=O)Cl)c(OC)c2)cc1OC.COc1ccc(C[C@H]2COC(=O)[C@@H]2Cc2ccc(OC(=O)N(C)CCO)c(OC)c2)cc1OC.COc1ccc(C[C@H]2COC(=O)[C@@H]2Cc2ccc(OC(=O)N(C)CCO)c(OC)c2)cc1OC. The number of halogens is 1. The second-order valence-electron chi connectivity index (χ2n) is 24.2. The Morgan fingerprint density at radius 2 is 0.621 bits per heavy atom. The van der Waals surface area contributed by atoms with Crippen molar-refractivity contribution in [3.63, 3.8) is 0 Å². The Morgan fingerprint density at radius 3 is 0.845 bits per heavy atom. The van der Waals surface area contributed by atoms with Crippen LogP contribution >= 0.6 is 11.6 Å². The lowest BCUT2D eigenvalue weighted by atomic mass is 9.85. The van der Waals surface area contributed by atoms with Crippen LogP contribution in [0.3, 0.4) is 0 Å². The van der Waals surface area contributed by atoms with Gasteiger partial charge in [-0.3, -0.25) is 14.4 Å². The van der Waals surface area contributed by atoms with Crippen LogP contribution in [0.25, 0.3) is 0 Å². The molecule has 0 radical (unpaired) electrons. The summed E-state index contributed by atoms with van der Waals surface area (Å²) in [5.41, 5.74) is 4.72. The third-order valence-electron chi connectivity index (χ3n) is 17.4. The van der Waals surface area contributed by atoms with Crippen molar-refractivity contribution in [1.82, 2.24) is 9.80 Å². The van der Waals surface area contributed by atoms with Gasteiger partial charge in [-0.2, -0.15) is 0 Å². The molecule has 3 saturated heterocycles. The fourth-order valence-electron chi connectivity index (χ4n) is 11.7.